The zero-order valence-corrected chi connectivity index (χ0v) is 19.3. The van der Waals surface area contributed by atoms with Crippen molar-refractivity contribution in [3.8, 4) is 5.75 Å². The molecule has 0 radical (unpaired) electrons. The molecule has 1 aromatic carbocycles. The molecule has 10 heteroatoms. The minimum absolute atomic E-state index is 0.223. The number of hydrogen-bond donors (Lipinski definition) is 1. The largest absolute Gasteiger partial charge is 0.497 e. The Kier molecular flexibility index (Phi) is 6.58. The van der Waals surface area contributed by atoms with Crippen molar-refractivity contribution in [1.82, 2.24) is 20.0 Å². The predicted molar refractivity (Wildman–Crippen MR) is 121 cm³/mol. The average Bonchev–Trinajstić information content (AvgIpc) is 3.46. The van der Waals surface area contributed by atoms with E-state index in [-0.39, 0.29) is 24.1 Å². The molecule has 0 aliphatic carbocycles. The van der Waals surface area contributed by atoms with E-state index in [1.54, 1.807) is 36.0 Å². The number of hydrogen-bond acceptors (Lipinski definition) is 6. The number of carbonyl (C=O) groups is 4. The van der Waals surface area contributed by atoms with Crippen LogP contribution < -0.4 is 10.1 Å². The highest BCUT2D eigenvalue weighted by Crippen LogP contribution is 2.24. The number of ether oxygens (including phenoxy) is 1. The molecule has 3 heterocycles. The topological polar surface area (TPSA) is 112 Å². The van der Waals surface area contributed by atoms with Gasteiger partial charge < -0.3 is 24.3 Å². The molecular formula is C24H28N4O6. The van der Waals surface area contributed by atoms with Gasteiger partial charge in [0.2, 0.25) is 5.91 Å². The Bertz CT molecular complexity index is 1060. The maximum Gasteiger partial charge on any atom is 0.325 e. The van der Waals surface area contributed by atoms with Gasteiger partial charge in [0.25, 0.3) is 11.8 Å². The molecule has 10 nitrogen and oxygen atoms in total. The lowest BCUT2D eigenvalue weighted by molar-refractivity contribution is -0.139. The molecule has 2 aliphatic heterocycles. The van der Waals surface area contributed by atoms with E-state index in [2.05, 4.69) is 5.32 Å². The second-order valence-corrected chi connectivity index (χ2v) is 8.65. The van der Waals surface area contributed by atoms with Gasteiger partial charge in [0.1, 0.15) is 17.8 Å². The molecule has 2 saturated heterocycles. The third-order valence-corrected chi connectivity index (χ3v) is 6.36. The quantitative estimate of drug-likeness (QED) is 0.617. The van der Waals surface area contributed by atoms with Crippen molar-refractivity contribution in [2.24, 2.45) is 0 Å². The Morgan fingerprint density at radius 3 is 2.35 bits per heavy atom. The van der Waals surface area contributed by atoms with Gasteiger partial charge in [0.05, 0.1) is 13.4 Å². The normalized spacial score (nSPS) is 20.5. The summed E-state index contributed by atoms with van der Waals surface area (Å²) >= 11 is 0. The smallest absolute Gasteiger partial charge is 0.325 e. The van der Waals surface area contributed by atoms with Crippen molar-refractivity contribution in [2.75, 3.05) is 39.8 Å². The van der Waals surface area contributed by atoms with E-state index in [1.807, 2.05) is 24.3 Å². The summed E-state index contributed by atoms with van der Waals surface area (Å²) in [5.74, 6) is 0.0434. The van der Waals surface area contributed by atoms with Crippen molar-refractivity contribution >= 4 is 23.8 Å². The molecule has 5 amide bonds. The van der Waals surface area contributed by atoms with Crippen LogP contribution in [-0.2, 0) is 16.0 Å². The molecule has 2 fully saturated rings. The number of carbonyl (C=O) groups excluding carboxylic acids is 4. The van der Waals surface area contributed by atoms with Crippen LogP contribution in [0.1, 0.15) is 29.5 Å². The Morgan fingerprint density at radius 2 is 1.74 bits per heavy atom. The molecule has 180 valence electrons. The first-order chi connectivity index (χ1) is 16.3. The van der Waals surface area contributed by atoms with E-state index < -0.39 is 17.5 Å². The SMILES string of the molecule is COc1ccc(CC[C@@]2(C)NC(=O)N(CC(=O)N3CCN(C(=O)c4ccco4)CC3)C2=O)cc1. The number of urea groups is 1. The van der Waals surface area contributed by atoms with Gasteiger partial charge in [-0.2, -0.15) is 0 Å². The Morgan fingerprint density at radius 1 is 1.06 bits per heavy atom. The third-order valence-electron chi connectivity index (χ3n) is 6.36. The summed E-state index contributed by atoms with van der Waals surface area (Å²) in [6.45, 7) is 2.71. The van der Waals surface area contributed by atoms with E-state index >= 15 is 0 Å². The Labute approximate surface area is 197 Å². The monoisotopic (exact) mass is 468 g/mol. The summed E-state index contributed by atoms with van der Waals surface area (Å²) in [6, 6.07) is 10.2. The van der Waals surface area contributed by atoms with Gasteiger partial charge in [0, 0.05) is 26.2 Å². The fraction of sp³-hybridized carbons (Fsp3) is 0.417. The molecule has 2 aromatic rings. The maximum atomic E-state index is 13.0. The van der Waals surface area contributed by atoms with Crippen LogP contribution in [0.2, 0.25) is 0 Å². The van der Waals surface area contributed by atoms with Gasteiger partial charge in [-0.25, -0.2) is 4.79 Å². The van der Waals surface area contributed by atoms with Gasteiger partial charge in [-0.3, -0.25) is 19.3 Å². The molecule has 0 bridgehead atoms. The van der Waals surface area contributed by atoms with Crippen molar-refractivity contribution in [3.05, 3.63) is 54.0 Å². The first kappa shape index (κ1) is 23.3. The molecule has 1 N–H and O–H groups in total. The summed E-state index contributed by atoms with van der Waals surface area (Å²) in [5.41, 5.74) is -0.0635. The molecule has 0 unspecified atom stereocenters. The van der Waals surface area contributed by atoms with E-state index in [9.17, 15) is 19.2 Å². The van der Waals surface area contributed by atoms with E-state index in [0.29, 0.717) is 39.0 Å². The third kappa shape index (κ3) is 4.75. The summed E-state index contributed by atoms with van der Waals surface area (Å²) < 4.78 is 10.3. The van der Waals surface area contributed by atoms with Crippen molar-refractivity contribution < 1.29 is 28.3 Å². The number of rotatable bonds is 7. The number of aryl methyl sites for hydroxylation is 1. The molecular weight excluding hydrogens is 440 g/mol. The van der Waals surface area contributed by atoms with Crippen LogP contribution in [0.25, 0.3) is 0 Å². The summed E-state index contributed by atoms with van der Waals surface area (Å²) in [6.07, 6.45) is 2.43. The molecule has 0 spiro atoms. The van der Waals surface area contributed by atoms with Crippen LogP contribution in [0.5, 0.6) is 5.75 Å². The predicted octanol–water partition coefficient (Wildman–Crippen LogP) is 1.52. The fourth-order valence-electron chi connectivity index (χ4n) is 4.20. The number of methoxy groups -OCH3 is 1. The number of imide groups is 1. The number of nitrogens with one attached hydrogen (secondary N) is 1. The van der Waals surface area contributed by atoms with Gasteiger partial charge in [-0.05, 0) is 49.6 Å². The number of benzene rings is 1. The standard InChI is InChI=1S/C24H28N4O6/c1-24(10-9-17-5-7-18(33-2)8-6-17)22(31)28(23(32)25-24)16-20(29)26-11-13-27(14-12-26)21(30)19-4-3-15-34-19/h3-8,15H,9-14,16H2,1-2H3,(H,25,32)/t24-/m1/s1. The van der Waals surface area contributed by atoms with Gasteiger partial charge in [-0.1, -0.05) is 12.1 Å². The zero-order valence-electron chi connectivity index (χ0n) is 19.3. The van der Waals surface area contributed by atoms with E-state index in [4.69, 9.17) is 9.15 Å². The number of piperazine rings is 1. The first-order valence-electron chi connectivity index (χ1n) is 11.2. The molecule has 4 rings (SSSR count). The van der Waals surface area contributed by atoms with E-state index in [0.717, 1.165) is 16.2 Å². The average molecular weight is 469 g/mol. The van der Waals surface area contributed by atoms with Crippen LogP contribution in [0.3, 0.4) is 0 Å². The number of amides is 5. The van der Waals surface area contributed by atoms with Crippen LogP contribution in [0, 0.1) is 0 Å². The first-order valence-corrected chi connectivity index (χ1v) is 11.2. The minimum Gasteiger partial charge on any atom is -0.497 e. The summed E-state index contributed by atoms with van der Waals surface area (Å²) in [7, 11) is 1.60. The summed E-state index contributed by atoms with van der Waals surface area (Å²) in [4.78, 5) is 54.9. The highest BCUT2D eigenvalue weighted by molar-refractivity contribution is 6.08. The lowest BCUT2D eigenvalue weighted by atomic mass is 9.93. The van der Waals surface area contributed by atoms with E-state index in [1.165, 1.54) is 6.26 Å². The second kappa shape index (κ2) is 9.58. The lowest BCUT2D eigenvalue weighted by Gasteiger charge is -2.34. The highest BCUT2D eigenvalue weighted by Gasteiger charge is 2.48. The zero-order chi connectivity index (χ0) is 24.3. The van der Waals surface area contributed by atoms with Gasteiger partial charge >= 0.3 is 6.03 Å². The highest BCUT2D eigenvalue weighted by atomic mass is 16.5. The lowest BCUT2D eigenvalue weighted by Crippen LogP contribution is -2.53. The Balaban J connectivity index is 1.30. The molecule has 0 saturated carbocycles. The number of furan rings is 1. The molecule has 2 aliphatic rings. The molecule has 1 aromatic heterocycles. The second-order valence-electron chi connectivity index (χ2n) is 8.65. The van der Waals surface area contributed by atoms with Gasteiger partial charge in [-0.15, -0.1) is 0 Å². The van der Waals surface area contributed by atoms with Crippen molar-refractivity contribution in [3.63, 3.8) is 0 Å². The van der Waals surface area contributed by atoms with Crippen LogP contribution in [-0.4, -0.2) is 83.8 Å². The van der Waals surface area contributed by atoms with Crippen molar-refractivity contribution in [2.45, 2.75) is 25.3 Å². The van der Waals surface area contributed by atoms with Crippen molar-refractivity contribution in [1.29, 1.82) is 0 Å². The van der Waals surface area contributed by atoms with Crippen LogP contribution >= 0.6 is 0 Å². The maximum absolute atomic E-state index is 13.0. The van der Waals surface area contributed by atoms with Crippen LogP contribution in [0.4, 0.5) is 4.79 Å². The van der Waals surface area contributed by atoms with Gasteiger partial charge in [0.15, 0.2) is 5.76 Å². The summed E-state index contributed by atoms with van der Waals surface area (Å²) in [5, 5.41) is 2.75. The van der Waals surface area contributed by atoms with Crippen LogP contribution in [0.15, 0.2) is 47.1 Å². The molecule has 34 heavy (non-hydrogen) atoms. The minimum atomic E-state index is -1.08. The number of nitrogens with zero attached hydrogens (tertiary/aromatic N) is 3. The Hall–Kier alpha value is -3.82. The molecule has 1 atom stereocenters. The fourth-order valence-corrected chi connectivity index (χ4v) is 4.20.